The van der Waals surface area contributed by atoms with E-state index in [2.05, 4.69) is 27.9 Å². The quantitative estimate of drug-likeness (QED) is 0.851. The molecule has 0 heterocycles. The number of nitrogens with one attached hydrogen (secondary N) is 1. The molecule has 0 fully saturated rings. The number of halogens is 1. The fourth-order valence-corrected chi connectivity index (χ4v) is 1.61. The Morgan fingerprint density at radius 3 is 2.77 bits per heavy atom. The number of amides is 1. The van der Waals surface area contributed by atoms with Gasteiger partial charge in [-0.15, -0.1) is 0 Å². The van der Waals surface area contributed by atoms with Gasteiger partial charge in [-0.25, -0.2) is 0 Å². The van der Waals surface area contributed by atoms with E-state index in [0.717, 1.165) is 22.1 Å². The Balaban J connectivity index is 2.71. The lowest BCUT2D eigenvalue weighted by molar-refractivity contribution is 0.0953. The molecule has 0 aliphatic heterocycles. The topological polar surface area (TPSA) is 29.1 Å². The molecule has 0 spiro atoms. The van der Waals surface area contributed by atoms with Gasteiger partial charge in [-0.3, -0.25) is 4.79 Å². The lowest BCUT2D eigenvalue weighted by Gasteiger charge is -2.04. The molecule has 1 amide bonds. The van der Waals surface area contributed by atoms with Gasteiger partial charge in [0.05, 0.1) is 5.56 Å². The molecule has 3 heteroatoms. The first-order chi connectivity index (χ1) is 6.25. The van der Waals surface area contributed by atoms with E-state index in [-0.39, 0.29) is 5.91 Å². The fraction of sp³-hybridized carbons (Fsp3) is 0.300. The average Bonchev–Trinajstić information content (AvgIpc) is 2.15. The van der Waals surface area contributed by atoms with Crippen molar-refractivity contribution in [1.82, 2.24) is 5.32 Å². The molecule has 0 saturated heterocycles. The molecule has 0 aliphatic carbocycles. The number of carbonyl (C=O) groups excluding carboxylic acids is 1. The van der Waals surface area contributed by atoms with Crippen molar-refractivity contribution in [3.63, 3.8) is 0 Å². The lowest BCUT2D eigenvalue weighted by atomic mass is 10.2. The summed E-state index contributed by atoms with van der Waals surface area (Å²) >= 11 is 2.17. The van der Waals surface area contributed by atoms with Gasteiger partial charge in [0.15, 0.2) is 0 Å². The number of benzene rings is 1. The zero-order chi connectivity index (χ0) is 9.68. The highest BCUT2D eigenvalue weighted by molar-refractivity contribution is 14.1. The van der Waals surface area contributed by atoms with Gasteiger partial charge in [0.2, 0.25) is 0 Å². The van der Waals surface area contributed by atoms with Gasteiger partial charge in [-0.05, 0) is 41.1 Å². The van der Waals surface area contributed by atoms with Crippen LogP contribution in [0.2, 0.25) is 0 Å². The van der Waals surface area contributed by atoms with Crippen LogP contribution >= 0.6 is 22.6 Å². The average molecular weight is 289 g/mol. The third-order valence-electron chi connectivity index (χ3n) is 1.65. The van der Waals surface area contributed by atoms with E-state index >= 15 is 0 Å². The third-order valence-corrected chi connectivity index (χ3v) is 2.59. The first-order valence-electron chi connectivity index (χ1n) is 4.28. The van der Waals surface area contributed by atoms with Crippen molar-refractivity contribution in [2.75, 3.05) is 6.54 Å². The van der Waals surface area contributed by atoms with Crippen LogP contribution in [0.1, 0.15) is 23.7 Å². The molecular weight excluding hydrogens is 277 g/mol. The highest BCUT2D eigenvalue weighted by Gasteiger charge is 2.06. The first kappa shape index (κ1) is 10.5. The zero-order valence-electron chi connectivity index (χ0n) is 7.51. The second-order valence-corrected chi connectivity index (χ2v) is 3.90. The number of carbonyl (C=O) groups is 1. The molecule has 0 atom stereocenters. The Hall–Kier alpha value is -0.580. The Bertz CT molecular complexity index is 299. The van der Waals surface area contributed by atoms with Gasteiger partial charge in [0, 0.05) is 10.1 Å². The molecule has 70 valence electrons. The minimum atomic E-state index is 0.0202. The van der Waals surface area contributed by atoms with Crippen LogP contribution in [-0.4, -0.2) is 12.5 Å². The predicted octanol–water partition coefficient (Wildman–Crippen LogP) is 2.43. The normalized spacial score (nSPS) is 9.69. The molecule has 1 aromatic carbocycles. The molecule has 0 aliphatic rings. The second-order valence-electron chi connectivity index (χ2n) is 2.74. The monoisotopic (exact) mass is 289 g/mol. The SMILES string of the molecule is CCCNC(=O)c1ccccc1I. The van der Waals surface area contributed by atoms with Crippen molar-refractivity contribution >= 4 is 28.5 Å². The van der Waals surface area contributed by atoms with E-state index in [1.54, 1.807) is 0 Å². The Morgan fingerprint density at radius 1 is 1.46 bits per heavy atom. The molecule has 13 heavy (non-hydrogen) atoms. The van der Waals surface area contributed by atoms with E-state index in [9.17, 15) is 4.79 Å². The third kappa shape index (κ3) is 2.99. The van der Waals surface area contributed by atoms with Crippen LogP contribution in [0, 0.1) is 3.57 Å². The van der Waals surface area contributed by atoms with Crippen molar-refractivity contribution in [2.24, 2.45) is 0 Å². The van der Waals surface area contributed by atoms with Crippen LogP contribution in [0.3, 0.4) is 0 Å². The summed E-state index contributed by atoms with van der Waals surface area (Å²) in [6, 6.07) is 7.58. The highest BCUT2D eigenvalue weighted by atomic mass is 127. The fourth-order valence-electron chi connectivity index (χ4n) is 0.979. The summed E-state index contributed by atoms with van der Waals surface area (Å²) in [7, 11) is 0. The highest BCUT2D eigenvalue weighted by Crippen LogP contribution is 2.10. The van der Waals surface area contributed by atoms with Crippen molar-refractivity contribution in [3.8, 4) is 0 Å². The van der Waals surface area contributed by atoms with Crippen molar-refractivity contribution in [2.45, 2.75) is 13.3 Å². The maximum absolute atomic E-state index is 11.5. The molecule has 2 nitrogen and oxygen atoms in total. The summed E-state index contributed by atoms with van der Waals surface area (Å²) in [4.78, 5) is 11.5. The predicted molar refractivity (Wildman–Crippen MR) is 61.8 cm³/mol. The molecule has 0 aromatic heterocycles. The molecule has 0 unspecified atom stereocenters. The van der Waals surface area contributed by atoms with Gasteiger partial charge in [-0.2, -0.15) is 0 Å². The minimum Gasteiger partial charge on any atom is -0.352 e. The summed E-state index contributed by atoms with van der Waals surface area (Å²) in [6.45, 7) is 2.78. The molecule has 0 bridgehead atoms. The van der Waals surface area contributed by atoms with Crippen molar-refractivity contribution < 1.29 is 4.79 Å². The maximum Gasteiger partial charge on any atom is 0.252 e. The second kappa shape index (κ2) is 5.21. The van der Waals surface area contributed by atoms with Crippen LogP contribution in [0.15, 0.2) is 24.3 Å². The van der Waals surface area contributed by atoms with Crippen LogP contribution in [0.25, 0.3) is 0 Å². The van der Waals surface area contributed by atoms with Crippen LogP contribution in [0.5, 0.6) is 0 Å². The molecule has 1 rings (SSSR count). The van der Waals surface area contributed by atoms with Gasteiger partial charge < -0.3 is 5.32 Å². The summed E-state index contributed by atoms with van der Waals surface area (Å²) in [5, 5.41) is 2.85. The molecule has 1 aromatic rings. The van der Waals surface area contributed by atoms with Gasteiger partial charge >= 0.3 is 0 Å². The number of hydrogen-bond acceptors (Lipinski definition) is 1. The molecule has 0 radical (unpaired) electrons. The lowest BCUT2D eigenvalue weighted by Crippen LogP contribution is -2.24. The smallest absolute Gasteiger partial charge is 0.252 e. The largest absolute Gasteiger partial charge is 0.352 e. The van der Waals surface area contributed by atoms with E-state index in [1.165, 1.54) is 0 Å². The van der Waals surface area contributed by atoms with Gasteiger partial charge in [0.25, 0.3) is 5.91 Å². The Labute approximate surface area is 91.9 Å². The molecule has 0 saturated carbocycles. The van der Waals surface area contributed by atoms with E-state index < -0.39 is 0 Å². The Kier molecular flexibility index (Phi) is 4.21. The van der Waals surface area contributed by atoms with Gasteiger partial charge in [0.1, 0.15) is 0 Å². The molecular formula is C10H12INO. The van der Waals surface area contributed by atoms with Crippen LogP contribution in [0.4, 0.5) is 0 Å². The van der Waals surface area contributed by atoms with Crippen LogP contribution in [-0.2, 0) is 0 Å². The minimum absolute atomic E-state index is 0.0202. The van der Waals surface area contributed by atoms with Crippen LogP contribution < -0.4 is 5.32 Å². The Morgan fingerprint density at radius 2 is 2.15 bits per heavy atom. The number of rotatable bonds is 3. The van der Waals surface area contributed by atoms with Gasteiger partial charge in [-0.1, -0.05) is 19.1 Å². The van der Waals surface area contributed by atoms with E-state index in [0.29, 0.717) is 0 Å². The standard InChI is InChI=1S/C10H12INO/c1-2-7-12-10(13)8-5-3-4-6-9(8)11/h3-6H,2,7H2,1H3,(H,12,13). The van der Waals surface area contributed by atoms with Crippen molar-refractivity contribution in [3.05, 3.63) is 33.4 Å². The maximum atomic E-state index is 11.5. The van der Waals surface area contributed by atoms with E-state index in [4.69, 9.17) is 0 Å². The summed E-state index contributed by atoms with van der Waals surface area (Å²) < 4.78 is 0.994. The zero-order valence-corrected chi connectivity index (χ0v) is 9.67. The van der Waals surface area contributed by atoms with Crippen molar-refractivity contribution in [1.29, 1.82) is 0 Å². The van der Waals surface area contributed by atoms with E-state index in [1.807, 2.05) is 31.2 Å². The summed E-state index contributed by atoms with van der Waals surface area (Å²) in [5.41, 5.74) is 0.761. The first-order valence-corrected chi connectivity index (χ1v) is 5.36. The summed E-state index contributed by atoms with van der Waals surface area (Å²) in [6.07, 6.45) is 0.967. The molecule has 1 N–H and O–H groups in total. The number of hydrogen-bond donors (Lipinski definition) is 1. The summed E-state index contributed by atoms with van der Waals surface area (Å²) in [5.74, 6) is 0.0202.